The molecule has 0 bridgehead atoms. The molecule has 0 aliphatic heterocycles. The number of hydrogen-bond donors (Lipinski definition) is 0. The first kappa shape index (κ1) is 15.8. The van der Waals surface area contributed by atoms with Crippen LogP contribution in [-0.4, -0.2) is 0 Å². The van der Waals surface area contributed by atoms with Crippen molar-refractivity contribution in [2.24, 2.45) is 0 Å². The first-order valence-corrected chi connectivity index (χ1v) is 1.60. The summed E-state index contributed by atoms with van der Waals surface area (Å²) in [6.07, 6.45) is 0. The number of nitroso groups, excluding NO2 is 1. The molecule has 0 radical (unpaired) electrons. The molecule has 0 atom stereocenters. The van der Waals surface area contributed by atoms with Crippen molar-refractivity contribution in [2.45, 2.75) is 0 Å². The molecule has 0 aliphatic carbocycles. The van der Waals surface area contributed by atoms with Gasteiger partial charge < -0.3 is 10.5 Å². The van der Waals surface area contributed by atoms with E-state index < -0.39 is 5.92 Å². The Hall–Kier alpha value is -1.57. The predicted octanol–water partition coefficient (Wildman–Crippen LogP) is 0.451. The maximum atomic E-state index is 7.79. The summed E-state index contributed by atoms with van der Waals surface area (Å²) in [6.45, 7) is 0. The molecule has 0 amide bonds. The van der Waals surface area contributed by atoms with E-state index in [0.29, 0.717) is 0 Å². The Morgan fingerprint density at radius 2 is 1.20 bits per heavy atom. The molecule has 0 N–H and O–H groups in total. The minimum atomic E-state index is -0.403. The molecule has 0 aliphatic rings. The van der Waals surface area contributed by atoms with Crippen molar-refractivity contribution in [3.8, 4) is 18.2 Å². The average molecular weight is 179 g/mol. The topological polar surface area (TPSA) is 111 Å². The molecule has 0 aromatic heterocycles. The van der Waals surface area contributed by atoms with Crippen molar-refractivity contribution in [3.05, 3.63) is 16.4 Å². The summed E-state index contributed by atoms with van der Waals surface area (Å²) in [6, 6.07) is 4.19. The van der Waals surface area contributed by atoms with Crippen LogP contribution in [0.2, 0.25) is 0 Å². The summed E-state index contributed by atoms with van der Waals surface area (Å²) in [5.41, 5.74) is 5.75. The molecule has 0 heterocycles. The Kier molecular flexibility index (Phi) is 24.7. The van der Waals surface area contributed by atoms with Crippen LogP contribution in [0, 0.1) is 44.8 Å². The summed E-state index contributed by atoms with van der Waals surface area (Å²) in [4.78, 5) is 7.25. The monoisotopic (exact) mass is 178 g/mol. The first-order chi connectivity index (χ1) is 4.35. The van der Waals surface area contributed by atoms with Crippen molar-refractivity contribution in [1.82, 2.24) is 0 Å². The third kappa shape index (κ3) is 9.66. The Balaban J connectivity index is -0.000000149. The minimum Gasteiger partial charge on any atom is -0.577 e. The largest absolute Gasteiger partial charge is 2.00 e. The van der Waals surface area contributed by atoms with Gasteiger partial charge in [0.2, 0.25) is 0 Å². The Labute approximate surface area is 67.5 Å². The van der Waals surface area contributed by atoms with Crippen LogP contribution >= 0.6 is 0 Å². The van der Waals surface area contributed by atoms with Gasteiger partial charge in [-0.15, -0.1) is 0 Å². The Bertz CT molecular complexity index is 152. The van der Waals surface area contributed by atoms with Crippen LogP contribution in [0.15, 0.2) is 0 Å². The van der Waals surface area contributed by atoms with Gasteiger partial charge in [-0.2, -0.15) is 0 Å². The SMILES string of the molecule is N#C[C-](C#N)C#N.[N-]=O.[Ni+2]. The van der Waals surface area contributed by atoms with E-state index in [2.05, 4.69) is 0 Å². The number of hydrogen-bond acceptors (Lipinski definition) is 4. The second kappa shape index (κ2) is 15.7. The van der Waals surface area contributed by atoms with E-state index in [0.717, 1.165) is 0 Å². The fraction of sp³-hybridized carbons (Fsp3) is 0. The summed E-state index contributed by atoms with van der Waals surface area (Å²) in [7, 11) is 0. The Morgan fingerprint density at radius 3 is 1.20 bits per heavy atom. The van der Waals surface area contributed by atoms with Gasteiger partial charge >= 0.3 is 16.5 Å². The van der Waals surface area contributed by atoms with E-state index in [9.17, 15) is 0 Å². The van der Waals surface area contributed by atoms with E-state index in [1.165, 1.54) is 18.2 Å². The molecule has 6 heteroatoms. The Morgan fingerprint density at radius 1 is 1.00 bits per heavy atom. The molecule has 0 spiro atoms. The van der Waals surface area contributed by atoms with Crippen molar-refractivity contribution in [3.63, 3.8) is 0 Å². The number of nitriles is 3. The van der Waals surface area contributed by atoms with Gasteiger partial charge in [0.15, 0.2) is 0 Å². The van der Waals surface area contributed by atoms with Crippen LogP contribution in [0.5, 0.6) is 0 Å². The van der Waals surface area contributed by atoms with E-state index in [1.54, 1.807) is 0 Å². The van der Waals surface area contributed by atoms with E-state index in [4.69, 9.17) is 26.3 Å². The van der Waals surface area contributed by atoms with Crippen LogP contribution in [-0.2, 0) is 16.5 Å². The van der Waals surface area contributed by atoms with Crippen molar-refractivity contribution in [1.29, 1.82) is 15.8 Å². The third-order valence-corrected chi connectivity index (χ3v) is 0.335. The van der Waals surface area contributed by atoms with Crippen molar-refractivity contribution < 1.29 is 16.5 Å². The van der Waals surface area contributed by atoms with Crippen LogP contribution in [0.1, 0.15) is 0 Å². The number of nitrogens with zero attached hydrogens (tertiary/aromatic N) is 4. The maximum Gasteiger partial charge on any atom is 2.00 e. The van der Waals surface area contributed by atoms with E-state index in [1.807, 2.05) is 0 Å². The second-order valence-corrected chi connectivity index (χ2v) is 0.710. The van der Waals surface area contributed by atoms with Gasteiger partial charge in [0.05, 0.1) is 0 Å². The van der Waals surface area contributed by atoms with Gasteiger partial charge in [-0.1, -0.05) is 24.1 Å². The van der Waals surface area contributed by atoms with Gasteiger partial charge in [-0.3, -0.25) is 0 Å². The molecular weight excluding hydrogens is 179 g/mol. The molecule has 0 saturated carbocycles. The molecule has 52 valence electrons. The maximum absolute atomic E-state index is 7.79. The molecule has 5 nitrogen and oxygen atoms in total. The zero-order valence-corrected chi connectivity index (χ0v) is 5.50. The quantitative estimate of drug-likeness (QED) is 0.396. The van der Waals surface area contributed by atoms with Crippen molar-refractivity contribution >= 4 is 0 Å². The van der Waals surface area contributed by atoms with Gasteiger partial charge in [0, 0.05) is 0 Å². The smallest absolute Gasteiger partial charge is 0.577 e. The summed E-state index contributed by atoms with van der Waals surface area (Å²) >= 11 is 0. The zero-order valence-electron chi connectivity index (χ0n) is 4.51. The normalized spacial score (nSPS) is 3.70. The molecule has 0 fully saturated rings. The summed E-state index contributed by atoms with van der Waals surface area (Å²) in [5.74, 6) is -0.403. The van der Waals surface area contributed by atoms with Crippen LogP contribution in [0.25, 0.3) is 5.59 Å². The van der Waals surface area contributed by atoms with Crippen LogP contribution < -0.4 is 0 Å². The summed E-state index contributed by atoms with van der Waals surface area (Å²) in [5, 5.41) is 23.4. The molecule has 0 unspecified atom stereocenters. The minimum absolute atomic E-state index is 0. The fourth-order valence-electron chi connectivity index (χ4n) is 0.0750. The van der Waals surface area contributed by atoms with Gasteiger partial charge in [-0.25, -0.2) is 15.8 Å². The number of rotatable bonds is 0. The second-order valence-electron chi connectivity index (χ2n) is 0.710. The van der Waals surface area contributed by atoms with Gasteiger partial charge in [-0.05, 0) is 0 Å². The molecular formula is C4N4NiO. The predicted molar refractivity (Wildman–Crippen MR) is 26.8 cm³/mol. The first-order valence-electron chi connectivity index (χ1n) is 1.60. The van der Waals surface area contributed by atoms with Crippen molar-refractivity contribution in [2.75, 3.05) is 0 Å². The molecule has 0 aromatic rings. The molecule has 0 saturated heterocycles. The van der Waals surface area contributed by atoms with Gasteiger partial charge in [0.25, 0.3) is 0 Å². The van der Waals surface area contributed by atoms with E-state index in [-0.39, 0.29) is 16.5 Å². The van der Waals surface area contributed by atoms with Gasteiger partial charge in [0.1, 0.15) is 0 Å². The summed E-state index contributed by atoms with van der Waals surface area (Å²) < 4.78 is 0. The molecule has 0 aromatic carbocycles. The van der Waals surface area contributed by atoms with E-state index >= 15 is 0 Å². The average Bonchev–Trinajstić information content (AvgIpc) is 1.96. The standard InChI is InChI=1S/C4N3.NO.Ni/c5-1-4(2-6)3-7;1-2;/q2*-1;+2. The van der Waals surface area contributed by atoms with Crippen LogP contribution in [0.3, 0.4) is 0 Å². The zero-order chi connectivity index (χ0) is 7.70. The molecule has 0 rings (SSSR count). The van der Waals surface area contributed by atoms with Crippen LogP contribution in [0.4, 0.5) is 0 Å². The fourth-order valence-corrected chi connectivity index (χ4v) is 0.0750. The molecule has 10 heavy (non-hydrogen) atoms. The third-order valence-electron chi connectivity index (χ3n) is 0.335.